The van der Waals surface area contributed by atoms with Crippen molar-refractivity contribution in [3.63, 3.8) is 0 Å². The molecule has 6 nitrogen and oxygen atoms in total. The van der Waals surface area contributed by atoms with Gasteiger partial charge in [-0.3, -0.25) is 9.59 Å². The third-order valence-corrected chi connectivity index (χ3v) is 4.02. The highest BCUT2D eigenvalue weighted by Gasteiger charge is 2.29. The normalized spacial score (nSPS) is 13.8. The molecule has 0 fully saturated rings. The van der Waals surface area contributed by atoms with E-state index in [0.29, 0.717) is 5.56 Å². The van der Waals surface area contributed by atoms with Gasteiger partial charge in [-0.05, 0) is 29.0 Å². The molecule has 2 amide bonds. The van der Waals surface area contributed by atoms with E-state index in [1.807, 2.05) is 12.1 Å². The molecule has 0 aliphatic carbocycles. The predicted octanol–water partition coefficient (Wildman–Crippen LogP) is 2.28. The first-order valence-corrected chi connectivity index (χ1v) is 8.48. The van der Waals surface area contributed by atoms with Gasteiger partial charge in [-0.15, -0.1) is 0 Å². The Morgan fingerprint density at radius 2 is 1.62 bits per heavy atom. The number of halogens is 1. The van der Waals surface area contributed by atoms with Crippen molar-refractivity contribution in [2.75, 3.05) is 6.67 Å². The number of carbonyl (C=O) groups excluding carboxylic acids is 2. The lowest BCUT2D eigenvalue weighted by Crippen LogP contribution is -2.54. The van der Waals surface area contributed by atoms with Gasteiger partial charge < -0.3 is 15.7 Å². The average Bonchev–Trinajstić information content (AvgIpc) is 2.55. The molecule has 1 aromatic carbocycles. The third kappa shape index (κ3) is 5.82. The molecule has 0 heterocycles. The minimum absolute atomic E-state index is 0.0480. The van der Waals surface area contributed by atoms with Crippen molar-refractivity contribution in [3.05, 3.63) is 35.4 Å². The van der Waals surface area contributed by atoms with Crippen LogP contribution >= 0.6 is 0 Å². The molecule has 0 radical (unpaired) electrons. The van der Waals surface area contributed by atoms with E-state index < -0.39 is 36.5 Å². The van der Waals surface area contributed by atoms with Crippen LogP contribution in [0.3, 0.4) is 0 Å². The van der Waals surface area contributed by atoms with E-state index in [9.17, 15) is 18.8 Å². The van der Waals surface area contributed by atoms with Gasteiger partial charge in [0.05, 0.1) is 0 Å². The number of rotatable bonds is 7. The molecule has 0 spiro atoms. The van der Waals surface area contributed by atoms with Gasteiger partial charge in [0.1, 0.15) is 12.7 Å². The van der Waals surface area contributed by atoms with Crippen LogP contribution in [0.15, 0.2) is 24.3 Å². The van der Waals surface area contributed by atoms with Gasteiger partial charge in [0, 0.05) is 5.56 Å². The highest BCUT2D eigenvalue weighted by Crippen LogP contribution is 2.22. The number of hydrogen-bond donors (Lipinski definition) is 3. The minimum Gasteiger partial charge on any atom is -0.480 e. The molecule has 0 saturated carbocycles. The van der Waals surface area contributed by atoms with E-state index in [1.165, 1.54) is 0 Å². The quantitative estimate of drug-likeness (QED) is 0.690. The van der Waals surface area contributed by atoms with Crippen LogP contribution in [0.5, 0.6) is 0 Å². The van der Waals surface area contributed by atoms with Gasteiger partial charge in [0.25, 0.3) is 5.91 Å². The largest absolute Gasteiger partial charge is 0.480 e. The summed E-state index contributed by atoms with van der Waals surface area (Å²) in [6, 6.07) is 4.44. The Hall–Kier alpha value is -2.44. The Labute approximate surface area is 153 Å². The molecule has 0 aliphatic heterocycles. The van der Waals surface area contributed by atoms with E-state index in [2.05, 4.69) is 31.4 Å². The zero-order valence-electron chi connectivity index (χ0n) is 15.8. The number of aliphatic carboxylic acids is 1. The van der Waals surface area contributed by atoms with E-state index in [1.54, 1.807) is 26.0 Å². The highest BCUT2D eigenvalue weighted by atomic mass is 19.1. The van der Waals surface area contributed by atoms with Gasteiger partial charge >= 0.3 is 5.97 Å². The van der Waals surface area contributed by atoms with Crippen molar-refractivity contribution < 1.29 is 23.9 Å². The van der Waals surface area contributed by atoms with E-state index in [4.69, 9.17) is 5.11 Å². The number of carboxylic acid groups (broad SMARTS) is 1. The van der Waals surface area contributed by atoms with E-state index >= 15 is 0 Å². The smallest absolute Gasteiger partial charge is 0.328 e. The highest BCUT2D eigenvalue weighted by molar-refractivity contribution is 5.98. The molecule has 144 valence electrons. The SMILES string of the molecule is CC(C)C(NC(=O)c1ccc(C(C)(C)C)cc1)C(=O)NC(CF)C(=O)O. The molecule has 2 atom stereocenters. The van der Waals surface area contributed by atoms with Crippen LogP contribution in [0.4, 0.5) is 4.39 Å². The Balaban J connectivity index is 2.88. The zero-order chi connectivity index (χ0) is 20.1. The molecule has 0 aliphatic rings. The Morgan fingerprint density at radius 1 is 1.08 bits per heavy atom. The third-order valence-electron chi connectivity index (χ3n) is 4.02. The fourth-order valence-corrected chi connectivity index (χ4v) is 2.31. The fourth-order valence-electron chi connectivity index (χ4n) is 2.31. The van der Waals surface area contributed by atoms with Gasteiger partial charge in [0.2, 0.25) is 5.91 Å². The summed E-state index contributed by atoms with van der Waals surface area (Å²) in [6.07, 6.45) is 0. The van der Waals surface area contributed by atoms with Crippen molar-refractivity contribution >= 4 is 17.8 Å². The summed E-state index contributed by atoms with van der Waals surface area (Å²) in [7, 11) is 0. The second-order valence-electron chi connectivity index (χ2n) is 7.58. The molecule has 1 rings (SSSR count). The lowest BCUT2D eigenvalue weighted by Gasteiger charge is -2.23. The minimum atomic E-state index is -1.63. The zero-order valence-corrected chi connectivity index (χ0v) is 15.8. The number of nitrogens with one attached hydrogen (secondary N) is 2. The number of alkyl halides is 1. The van der Waals surface area contributed by atoms with Crippen molar-refractivity contribution in [1.29, 1.82) is 0 Å². The lowest BCUT2D eigenvalue weighted by molar-refractivity contribution is -0.142. The summed E-state index contributed by atoms with van der Waals surface area (Å²) >= 11 is 0. The maximum Gasteiger partial charge on any atom is 0.328 e. The summed E-state index contributed by atoms with van der Waals surface area (Å²) in [5.41, 5.74) is 1.41. The Morgan fingerprint density at radius 3 is 2.00 bits per heavy atom. The van der Waals surface area contributed by atoms with Crippen molar-refractivity contribution in [3.8, 4) is 0 Å². The van der Waals surface area contributed by atoms with Gasteiger partial charge in [-0.25, -0.2) is 9.18 Å². The number of carbonyl (C=O) groups is 3. The maximum absolute atomic E-state index is 12.7. The van der Waals surface area contributed by atoms with Gasteiger partial charge in [-0.2, -0.15) is 0 Å². The standard InChI is InChI=1S/C19H27FN2O4/c1-11(2)15(17(24)21-14(10-20)18(25)26)22-16(23)12-6-8-13(9-7-12)19(3,4)5/h6-9,11,14-15H,10H2,1-5H3,(H,21,24)(H,22,23)(H,25,26). The summed E-state index contributed by atoms with van der Waals surface area (Å²) in [5.74, 6) is -2.95. The van der Waals surface area contributed by atoms with Crippen LogP contribution in [0.1, 0.15) is 50.5 Å². The Kier molecular flexibility index (Phi) is 7.29. The summed E-state index contributed by atoms with van der Waals surface area (Å²) in [6.45, 7) is 8.37. The monoisotopic (exact) mass is 366 g/mol. The molecule has 26 heavy (non-hydrogen) atoms. The first-order valence-electron chi connectivity index (χ1n) is 8.48. The molecule has 0 aromatic heterocycles. The molecule has 7 heteroatoms. The summed E-state index contributed by atoms with van der Waals surface area (Å²) in [5, 5.41) is 13.5. The van der Waals surface area contributed by atoms with Crippen molar-refractivity contribution in [2.24, 2.45) is 5.92 Å². The van der Waals surface area contributed by atoms with Gasteiger partial charge in [-0.1, -0.05) is 46.8 Å². The second kappa shape index (κ2) is 8.78. The van der Waals surface area contributed by atoms with Crippen LogP contribution in [0, 0.1) is 5.92 Å². The van der Waals surface area contributed by atoms with Crippen LogP contribution in [0.2, 0.25) is 0 Å². The predicted molar refractivity (Wildman–Crippen MR) is 96.8 cm³/mol. The number of hydrogen-bond acceptors (Lipinski definition) is 3. The van der Waals surface area contributed by atoms with E-state index in [0.717, 1.165) is 5.56 Å². The lowest BCUT2D eigenvalue weighted by atomic mass is 9.86. The van der Waals surface area contributed by atoms with Crippen LogP contribution < -0.4 is 10.6 Å². The average molecular weight is 366 g/mol. The number of carboxylic acids is 1. The molecular formula is C19H27FN2O4. The van der Waals surface area contributed by atoms with Gasteiger partial charge in [0.15, 0.2) is 6.04 Å². The molecule has 2 unspecified atom stereocenters. The first kappa shape index (κ1) is 21.6. The Bertz CT molecular complexity index is 650. The van der Waals surface area contributed by atoms with Crippen molar-refractivity contribution in [1.82, 2.24) is 10.6 Å². The second-order valence-corrected chi connectivity index (χ2v) is 7.58. The summed E-state index contributed by atoms with van der Waals surface area (Å²) in [4.78, 5) is 35.6. The topological polar surface area (TPSA) is 95.5 Å². The summed E-state index contributed by atoms with van der Waals surface area (Å²) < 4.78 is 12.7. The van der Waals surface area contributed by atoms with E-state index in [-0.39, 0.29) is 11.3 Å². The van der Waals surface area contributed by atoms with Crippen LogP contribution in [0.25, 0.3) is 0 Å². The molecule has 3 N–H and O–H groups in total. The number of amides is 2. The molecular weight excluding hydrogens is 339 g/mol. The maximum atomic E-state index is 12.7. The number of benzene rings is 1. The molecule has 0 saturated heterocycles. The fraction of sp³-hybridized carbons (Fsp3) is 0.526. The van der Waals surface area contributed by atoms with Crippen molar-refractivity contribution in [2.45, 2.75) is 52.1 Å². The molecule has 0 bridgehead atoms. The first-order chi connectivity index (χ1) is 12.0. The van der Waals surface area contributed by atoms with Crippen LogP contribution in [-0.2, 0) is 15.0 Å². The van der Waals surface area contributed by atoms with Crippen LogP contribution in [-0.4, -0.2) is 41.6 Å². The molecule has 1 aromatic rings.